The second-order valence-corrected chi connectivity index (χ2v) is 6.22. The van der Waals surface area contributed by atoms with Crippen LogP contribution in [-0.4, -0.2) is 16.0 Å². The first-order valence-corrected chi connectivity index (χ1v) is 8.78. The molecule has 0 saturated heterocycles. The lowest BCUT2D eigenvalue weighted by molar-refractivity contribution is 0.103. The van der Waals surface area contributed by atoms with Gasteiger partial charge in [-0.2, -0.15) is 0 Å². The Bertz CT molecular complexity index is 677. The van der Waals surface area contributed by atoms with Crippen molar-refractivity contribution in [2.24, 2.45) is 0 Å². The van der Waals surface area contributed by atoms with Gasteiger partial charge in [0.15, 0.2) is 5.78 Å². The molecule has 2 N–H and O–H groups in total. The van der Waals surface area contributed by atoms with Crippen LogP contribution in [-0.2, 0) is 6.42 Å². The van der Waals surface area contributed by atoms with E-state index in [1.54, 1.807) is 30.3 Å². The lowest BCUT2D eigenvalue weighted by atomic mass is 9.98. The predicted molar refractivity (Wildman–Crippen MR) is 96.7 cm³/mol. The topological polar surface area (TPSA) is 57.5 Å². The molecule has 2 aromatic carbocycles. The maximum atomic E-state index is 12.4. The number of phenols is 2. The fraction of sp³-hybridized carbons (Fsp3) is 0.381. The maximum absolute atomic E-state index is 12.4. The molecule has 0 amide bonds. The molecule has 2 aromatic rings. The Morgan fingerprint density at radius 3 is 2.21 bits per heavy atom. The van der Waals surface area contributed by atoms with Crippen molar-refractivity contribution >= 4 is 5.78 Å². The maximum Gasteiger partial charge on any atom is 0.200 e. The molecule has 0 atom stereocenters. The highest BCUT2D eigenvalue weighted by molar-refractivity contribution is 6.12. The van der Waals surface area contributed by atoms with Gasteiger partial charge in [0, 0.05) is 0 Å². The van der Waals surface area contributed by atoms with Crippen LogP contribution >= 0.6 is 0 Å². The fourth-order valence-electron chi connectivity index (χ4n) is 2.84. The van der Waals surface area contributed by atoms with Crippen molar-refractivity contribution in [3.63, 3.8) is 0 Å². The van der Waals surface area contributed by atoms with Gasteiger partial charge >= 0.3 is 0 Å². The van der Waals surface area contributed by atoms with E-state index in [9.17, 15) is 15.0 Å². The minimum absolute atomic E-state index is 0.0215. The first-order valence-electron chi connectivity index (χ1n) is 8.78. The van der Waals surface area contributed by atoms with Gasteiger partial charge in [-0.15, -0.1) is 0 Å². The number of rotatable bonds is 9. The van der Waals surface area contributed by atoms with E-state index in [-0.39, 0.29) is 28.4 Å². The van der Waals surface area contributed by atoms with E-state index in [2.05, 4.69) is 6.92 Å². The number of hydrogen-bond acceptors (Lipinski definition) is 3. The summed E-state index contributed by atoms with van der Waals surface area (Å²) in [5, 5.41) is 20.0. The average Bonchev–Trinajstić information content (AvgIpc) is 2.58. The molecular weight excluding hydrogens is 300 g/mol. The third-order valence-corrected chi connectivity index (χ3v) is 4.27. The van der Waals surface area contributed by atoms with E-state index >= 15 is 0 Å². The van der Waals surface area contributed by atoms with Gasteiger partial charge in [0.05, 0.1) is 11.1 Å². The van der Waals surface area contributed by atoms with E-state index in [0.717, 1.165) is 18.4 Å². The van der Waals surface area contributed by atoms with Gasteiger partial charge in [0.25, 0.3) is 0 Å². The standard InChI is InChI=1S/C21H26O3/c1-2-3-4-5-6-7-10-16-13-14-18(20(23)15-16)21(24)17-11-8-9-12-19(17)22/h8-9,11-15,22-23H,2-7,10H2,1H3. The number of hydrogen-bond donors (Lipinski definition) is 2. The summed E-state index contributed by atoms with van der Waals surface area (Å²) in [5.41, 5.74) is 1.47. The lowest BCUT2D eigenvalue weighted by Gasteiger charge is -2.08. The second-order valence-electron chi connectivity index (χ2n) is 6.22. The molecule has 0 bridgehead atoms. The van der Waals surface area contributed by atoms with E-state index < -0.39 is 0 Å². The zero-order valence-electron chi connectivity index (χ0n) is 14.3. The lowest BCUT2D eigenvalue weighted by Crippen LogP contribution is -2.02. The molecule has 0 aliphatic carbocycles. The fourth-order valence-corrected chi connectivity index (χ4v) is 2.84. The Kier molecular flexibility index (Phi) is 6.86. The number of para-hydroxylation sites is 1. The molecule has 0 radical (unpaired) electrons. The third-order valence-electron chi connectivity index (χ3n) is 4.27. The van der Waals surface area contributed by atoms with Crippen LogP contribution in [0.15, 0.2) is 42.5 Å². The molecule has 24 heavy (non-hydrogen) atoms. The van der Waals surface area contributed by atoms with Crippen molar-refractivity contribution in [2.45, 2.75) is 51.9 Å². The van der Waals surface area contributed by atoms with Crippen LogP contribution in [0.4, 0.5) is 0 Å². The number of phenolic OH excluding ortho intramolecular Hbond substituents is 2. The molecule has 128 valence electrons. The molecule has 3 nitrogen and oxygen atoms in total. The number of aryl methyl sites for hydroxylation is 1. The van der Waals surface area contributed by atoms with Crippen molar-refractivity contribution in [3.8, 4) is 11.5 Å². The van der Waals surface area contributed by atoms with Crippen LogP contribution in [0.25, 0.3) is 0 Å². The quantitative estimate of drug-likeness (QED) is 0.490. The number of unbranched alkanes of at least 4 members (excludes halogenated alkanes) is 5. The molecule has 0 aliphatic heterocycles. The van der Waals surface area contributed by atoms with Crippen molar-refractivity contribution in [2.75, 3.05) is 0 Å². The first-order chi connectivity index (χ1) is 11.6. The van der Waals surface area contributed by atoms with E-state index in [0.29, 0.717) is 0 Å². The van der Waals surface area contributed by atoms with Gasteiger partial charge in [0.1, 0.15) is 11.5 Å². The molecule has 0 heterocycles. The Morgan fingerprint density at radius 2 is 1.50 bits per heavy atom. The highest BCUT2D eigenvalue weighted by Crippen LogP contribution is 2.26. The van der Waals surface area contributed by atoms with Crippen molar-refractivity contribution in [3.05, 3.63) is 59.2 Å². The molecule has 2 rings (SSSR count). The Morgan fingerprint density at radius 1 is 0.833 bits per heavy atom. The van der Waals surface area contributed by atoms with Crippen LogP contribution in [0.2, 0.25) is 0 Å². The van der Waals surface area contributed by atoms with E-state index in [1.165, 1.54) is 38.2 Å². The zero-order chi connectivity index (χ0) is 17.4. The SMILES string of the molecule is CCCCCCCCc1ccc(C(=O)c2ccccc2O)c(O)c1. The summed E-state index contributed by atoms with van der Waals surface area (Å²) >= 11 is 0. The molecule has 0 spiro atoms. The Balaban J connectivity index is 1.97. The van der Waals surface area contributed by atoms with Crippen molar-refractivity contribution < 1.29 is 15.0 Å². The van der Waals surface area contributed by atoms with Crippen LogP contribution in [0.3, 0.4) is 0 Å². The van der Waals surface area contributed by atoms with Gasteiger partial charge < -0.3 is 10.2 Å². The summed E-state index contributed by atoms with van der Waals surface area (Å²) < 4.78 is 0. The predicted octanol–water partition coefficient (Wildman–Crippen LogP) is 5.23. The molecule has 0 fully saturated rings. The highest BCUT2D eigenvalue weighted by Gasteiger charge is 2.16. The summed E-state index contributed by atoms with van der Waals surface area (Å²) in [6.07, 6.45) is 8.28. The van der Waals surface area contributed by atoms with Crippen LogP contribution in [0.1, 0.15) is 66.9 Å². The van der Waals surface area contributed by atoms with E-state index in [1.807, 2.05) is 6.07 Å². The van der Waals surface area contributed by atoms with Crippen LogP contribution in [0.5, 0.6) is 11.5 Å². The molecule has 0 aliphatic rings. The van der Waals surface area contributed by atoms with Gasteiger partial charge in [-0.25, -0.2) is 0 Å². The summed E-state index contributed by atoms with van der Waals surface area (Å²) in [7, 11) is 0. The minimum atomic E-state index is -0.364. The Labute approximate surface area is 144 Å². The van der Waals surface area contributed by atoms with Gasteiger partial charge in [0.2, 0.25) is 0 Å². The highest BCUT2D eigenvalue weighted by atomic mass is 16.3. The smallest absolute Gasteiger partial charge is 0.200 e. The molecule has 3 heteroatoms. The molecule has 0 unspecified atom stereocenters. The number of benzene rings is 2. The summed E-state index contributed by atoms with van der Waals surface area (Å²) in [4.78, 5) is 12.4. The van der Waals surface area contributed by atoms with Crippen molar-refractivity contribution in [1.82, 2.24) is 0 Å². The second kappa shape index (κ2) is 9.11. The van der Waals surface area contributed by atoms with Gasteiger partial charge in [-0.05, 0) is 42.7 Å². The van der Waals surface area contributed by atoms with Crippen molar-refractivity contribution in [1.29, 1.82) is 0 Å². The number of aromatic hydroxyl groups is 2. The largest absolute Gasteiger partial charge is 0.507 e. The Hall–Kier alpha value is -2.29. The number of carbonyl (C=O) groups is 1. The molecule has 0 aromatic heterocycles. The number of ketones is 1. The van der Waals surface area contributed by atoms with E-state index in [4.69, 9.17) is 0 Å². The van der Waals surface area contributed by atoms with Gasteiger partial charge in [-0.3, -0.25) is 4.79 Å². The minimum Gasteiger partial charge on any atom is -0.507 e. The summed E-state index contributed by atoms with van der Waals surface area (Å²) in [6.45, 7) is 2.21. The molecular formula is C21H26O3. The van der Waals surface area contributed by atoms with Crippen LogP contribution in [0, 0.1) is 0 Å². The average molecular weight is 326 g/mol. The summed E-state index contributed by atoms with van der Waals surface area (Å²) in [5.74, 6) is -0.457. The third kappa shape index (κ3) is 4.85. The molecule has 0 saturated carbocycles. The monoisotopic (exact) mass is 326 g/mol. The summed E-state index contributed by atoms with van der Waals surface area (Å²) in [6, 6.07) is 11.6. The zero-order valence-corrected chi connectivity index (χ0v) is 14.3. The number of carbonyl (C=O) groups excluding carboxylic acids is 1. The van der Waals surface area contributed by atoms with Crippen LogP contribution < -0.4 is 0 Å². The first kappa shape index (κ1) is 18.1. The normalized spacial score (nSPS) is 10.7. The van der Waals surface area contributed by atoms with Gasteiger partial charge in [-0.1, -0.05) is 57.2 Å².